The topological polar surface area (TPSA) is 56.6 Å². The second-order valence-corrected chi connectivity index (χ2v) is 7.26. The highest BCUT2D eigenvalue weighted by molar-refractivity contribution is 5.89. The van der Waals surface area contributed by atoms with E-state index >= 15 is 0 Å². The van der Waals surface area contributed by atoms with E-state index in [0.29, 0.717) is 22.9 Å². The van der Waals surface area contributed by atoms with Gasteiger partial charge >= 0.3 is 5.97 Å². The number of methoxy groups -OCH3 is 1. The van der Waals surface area contributed by atoms with E-state index in [2.05, 4.69) is 4.90 Å². The van der Waals surface area contributed by atoms with Crippen LogP contribution in [0.1, 0.15) is 39.5 Å². The van der Waals surface area contributed by atoms with Crippen molar-refractivity contribution >= 4 is 11.7 Å². The minimum Gasteiger partial charge on any atom is -0.465 e. The highest BCUT2D eigenvalue weighted by Gasteiger charge is 2.31. The van der Waals surface area contributed by atoms with Gasteiger partial charge in [0.25, 0.3) is 0 Å². The van der Waals surface area contributed by atoms with Crippen molar-refractivity contribution in [3.05, 3.63) is 64.5 Å². The quantitative estimate of drug-likeness (QED) is 0.766. The predicted octanol–water partition coefficient (Wildman–Crippen LogP) is 3.29. The zero-order chi connectivity index (χ0) is 19.7. The van der Waals surface area contributed by atoms with Crippen LogP contribution in [0.4, 0.5) is 10.1 Å². The zero-order valence-electron chi connectivity index (χ0n) is 15.8. The molecule has 0 amide bonds. The molecule has 1 unspecified atom stereocenters. The lowest BCUT2D eigenvalue weighted by molar-refractivity contribution is 0.0600. The van der Waals surface area contributed by atoms with Crippen LogP contribution in [0, 0.1) is 17.1 Å². The number of benzene rings is 2. The third kappa shape index (κ3) is 3.34. The van der Waals surface area contributed by atoms with Crippen molar-refractivity contribution in [1.29, 1.82) is 5.26 Å². The van der Waals surface area contributed by atoms with Gasteiger partial charge in [0.15, 0.2) is 0 Å². The number of aryl methyl sites for hydroxylation is 1. The second kappa shape index (κ2) is 7.61. The van der Waals surface area contributed by atoms with Crippen LogP contribution in [-0.2, 0) is 11.2 Å². The van der Waals surface area contributed by atoms with Gasteiger partial charge in [0, 0.05) is 32.2 Å². The normalized spacial score (nSPS) is 19.2. The van der Waals surface area contributed by atoms with Gasteiger partial charge in [0.1, 0.15) is 5.82 Å². The molecule has 28 heavy (non-hydrogen) atoms. The van der Waals surface area contributed by atoms with E-state index in [9.17, 15) is 9.18 Å². The molecular formula is C22H22FN3O2. The lowest BCUT2D eigenvalue weighted by atomic mass is 10.0. The first kappa shape index (κ1) is 18.5. The van der Waals surface area contributed by atoms with Crippen LogP contribution >= 0.6 is 0 Å². The van der Waals surface area contributed by atoms with Gasteiger partial charge in [-0.2, -0.15) is 5.26 Å². The molecule has 1 heterocycles. The van der Waals surface area contributed by atoms with Crippen molar-refractivity contribution in [1.82, 2.24) is 4.90 Å². The maximum absolute atomic E-state index is 14.3. The summed E-state index contributed by atoms with van der Waals surface area (Å²) in [5.41, 5.74) is 4.00. The van der Waals surface area contributed by atoms with E-state index in [1.54, 1.807) is 12.1 Å². The number of halogens is 1. The number of fused-ring (bicyclic) bond motifs is 1. The molecule has 0 N–H and O–H groups in total. The standard InChI is InChI=1S/C22H22FN3O2/c1-28-22(27)17-3-5-18-16(13-17)4-7-20(18)25-8-10-26(11-9-25)21-6-2-15(14-24)12-19(21)23/h2-3,5-6,12-13,20H,4,7-11H2,1H3. The van der Waals surface area contributed by atoms with E-state index in [1.165, 1.54) is 24.3 Å². The number of rotatable bonds is 3. The first-order chi connectivity index (χ1) is 13.6. The molecule has 4 rings (SSSR count). The van der Waals surface area contributed by atoms with E-state index in [0.717, 1.165) is 39.0 Å². The molecule has 6 heteroatoms. The molecule has 1 atom stereocenters. The van der Waals surface area contributed by atoms with Crippen LogP contribution in [0.15, 0.2) is 36.4 Å². The van der Waals surface area contributed by atoms with Crippen molar-refractivity contribution < 1.29 is 13.9 Å². The molecule has 144 valence electrons. The molecular weight excluding hydrogens is 357 g/mol. The molecule has 0 bridgehead atoms. The summed E-state index contributed by atoms with van der Waals surface area (Å²) in [6.07, 6.45) is 1.99. The van der Waals surface area contributed by atoms with Crippen LogP contribution in [0.5, 0.6) is 0 Å². The second-order valence-electron chi connectivity index (χ2n) is 7.26. The Balaban J connectivity index is 1.44. The van der Waals surface area contributed by atoms with Gasteiger partial charge in [-0.25, -0.2) is 9.18 Å². The van der Waals surface area contributed by atoms with Crippen LogP contribution < -0.4 is 4.90 Å². The van der Waals surface area contributed by atoms with Crippen LogP contribution in [-0.4, -0.2) is 44.2 Å². The number of carbonyl (C=O) groups excluding carboxylic acids is 1. The number of hydrogen-bond donors (Lipinski definition) is 0. The monoisotopic (exact) mass is 379 g/mol. The largest absolute Gasteiger partial charge is 0.465 e. The highest BCUT2D eigenvalue weighted by atomic mass is 19.1. The molecule has 2 aliphatic rings. The summed E-state index contributed by atoms with van der Waals surface area (Å²) in [6.45, 7) is 3.19. The molecule has 0 aromatic heterocycles. The summed E-state index contributed by atoms with van der Waals surface area (Å²) in [5, 5.41) is 8.90. The third-order valence-corrected chi connectivity index (χ3v) is 5.78. The highest BCUT2D eigenvalue weighted by Crippen LogP contribution is 2.37. The number of anilines is 1. The van der Waals surface area contributed by atoms with Crippen molar-refractivity contribution in [2.75, 3.05) is 38.2 Å². The molecule has 2 aromatic carbocycles. The number of nitriles is 1. The third-order valence-electron chi connectivity index (χ3n) is 5.78. The smallest absolute Gasteiger partial charge is 0.337 e. The number of piperazine rings is 1. The summed E-state index contributed by atoms with van der Waals surface area (Å²) >= 11 is 0. The van der Waals surface area contributed by atoms with E-state index in [4.69, 9.17) is 10.00 Å². The molecule has 0 saturated carbocycles. The maximum atomic E-state index is 14.3. The Kier molecular flexibility index (Phi) is 5.01. The number of nitrogens with zero attached hydrogens (tertiary/aromatic N) is 3. The van der Waals surface area contributed by atoms with Crippen LogP contribution in [0.3, 0.4) is 0 Å². The molecule has 0 spiro atoms. The molecule has 5 nitrogen and oxygen atoms in total. The summed E-state index contributed by atoms with van der Waals surface area (Å²) in [6, 6.07) is 12.8. The minimum atomic E-state index is -0.339. The summed E-state index contributed by atoms with van der Waals surface area (Å²) in [5.74, 6) is -0.640. The Hall–Kier alpha value is -2.91. The Bertz CT molecular complexity index is 945. The van der Waals surface area contributed by atoms with E-state index < -0.39 is 0 Å². The lowest BCUT2D eigenvalue weighted by Gasteiger charge is -2.39. The van der Waals surface area contributed by atoms with Crippen molar-refractivity contribution in [3.8, 4) is 6.07 Å². The van der Waals surface area contributed by atoms with Gasteiger partial charge in [-0.3, -0.25) is 4.90 Å². The Morgan fingerprint density at radius 2 is 1.96 bits per heavy atom. The number of carbonyl (C=O) groups is 1. The number of esters is 1. The van der Waals surface area contributed by atoms with Gasteiger partial charge in [0.05, 0.1) is 30.0 Å². The number of hydrogen-bond acceptors (Lipinski definition) is 5. The summed E-state index contributed by atoms with van der Waals surface area (Å²) in [4.78, 5) is 16.2. The van der Waals surface area contributed by atoms with Crippen molar-refractivity contribution in [2.24, 2.45) is 0 Å². The molecule has 1 aliphatic heterocycles. The van der Waals surface area contributed by atoms with Gasteiger partial charge in [0.2, 0.25) is 0 Å². The van der Waals surface area contributed by atoms with Crippen molar-refractivity contribution in [2.45, 2.75) is 18.9 Å². The minimum absolute atomic E-state index is 0.302. The number of ether oxygens (including phenoxy) is 1. The fraction of sp³-hybridized carbons (Fsp3) is 0.364. The van der Waals surface area contributed by atoms with Gasteiger partial charge < -0.3 is 9.64 Å². The SMILES string of the molecule is COC(=O)c1ccc2c(c1)CCC2N1CCN(c2ccc(C#N)cc2F)CC1. The molecule has 0 radical (unpaired) electrons. The van der Waals surface area contributed by atoms with E-state index in [1.807, 2.05) is 29.2 Å². The fourth-order valence-corrected chi connectivity index (χ4v) is 4.33. The van der Waals surface area contributed by atoms with Crippen LogP contribution in [0.2, 0.25) is 0 Å². The predicted molar refractivity (Wildman–Crippen MR) is 104 cm³/mol. The van der Waals surface area contributed by atoms with Crippen molar-refractivity contribution in [3.63, 3.8) is 0 Å². The molecule has 1 fully saturated rings. The first-order valence-corrected chi connectivity index (χ1v) is 9.50. The van der Waals surface area contributed by atoms with Gasteiger partial charge in [-0.15, -0.1) is 0 Å². The van der Waals surface area contributed by atoms with E-state index in [-0.39, 0.29) is 11.8 Å². The van der Waals surface area contributed by atoms with Crippen LogP contribution in [0.25, 0.3) is 0 Å². The Morgan fingerprint density at radius 3 is 2.64 bits per heavy atom. The van der Waals surface area contributed by atoms with Gasteiger partial charge in [-0.1, -0.05) is 6.07 Å². The molecule has 2 aromatic rings. The average Bonchev–Trinajstić information content (AvgIpc) is 3.16. The first-order valence-electron chi connectivity index (χ1n) is 9.50. The molecule has 1 aliphatic carbocycles. The molecule has 1 saturated heterocycles. The Labute approximate surface area is 163 Å². The lowest BCUT2D eigenvalue weighted by Crippen LogP contribution is -2.47. The fourth-order valence-electron chi connectivity index (χ4n) is 4.33. The summed E-state index contributed by atoms with van der Waals surface area (Å²) in [7, 11) is 1.40. The Morgan fingerprint density at radius 1 is 1.18 bits per heavy atom. The summed E-state index contributed by atoms with van der Waals surface area (Å²) < 4.78 is 19.1. The average molecular weight is 379 g/mol. The maximum Gasteiger partial charge on any atom is 0.337 e. The zero-order valence-corrected chi connectivity index (χ0v) is 15.8. The van der Waals surface area contributed by atoms with Gasteiger partial charge in [-0.05, 0) is 54.3 Å².